The Kier molecular flexibility index (Phi) is 6.25. The topological polar surface area (TPSA) is 109 Å². The van der Waals surface area contributed by atoms with Crippen molar-refractivity contribution < 1.29 is 18.9 Å². The van der Waals surface area contributed by atoms with Gasteiger partial charge in [-0.2, -0.15) is 0 Å². The molecule has 3 rings (SSSR count). The lowest BCUT2D eigenvalue weighted by atomic mass is 10.2. The van der Waals surface area contributed by atoms with Crippen LogP contribution in [0.5, 0.6) is 0 Å². The van der Waals surface area contributed by atoms with Crippen LogP contribution < -0.4 is 10.2 Å². The Labute approximate surface area is 162 Å². The smallest absolute Gasteiger partial charge is 0.286 e. The number of carbonyl (C=O) groups is 2. The summed E-state index contributed by atoms with van der Waals surface area (Å²) in [6.07, 6.45) is 2.37. The van der Waals surface area contributed by atoms with E-state index < -0.39 is 4.92 Å². The number of nitro benzene ring substituents is 1. The molecule has 1 aromatic heterocycles. The van der Waals surface area contributed by atoms with E-state index in [1.165, 1.54) is 18.4 Å². The minimum Gasteiger partial charge on any atom is -0.459 e. The van der Waals surface area contributed by atoms with Crippen molar-refractivity contribution in [2.45, 2.75) is 12.8 Å². The standard InChI is InChI=1S/C19H22N4O5/c24-18(4-1-9-20-19(25)17-3-2-14-28-17)22-12-10-21(11-13-22)15-5-7-16(8-6-15)23(26)27/h2-3,5-8,14H,1,4,9-13H2,(H,20,25). The number of nitrogens with zero attached hydrogens (tertiary/aromatic N) is 3. The van der Waals surface area contributed by atoms with Gasteiger partial charge in [0.25, 0.3) is 11.6 Å². The van der Waals surface area contributed by atoms with E-state index >= 15 is 0 Å². The first kappa shape index (κ1) is 19.4. The van der Waals surface area contributed by atoms with Gasteiger partial charge in [0.05, 0.1) is 11.2 Å². The second kappa shape index (κ2) is 9.03. The highest BCUT2D eigenvalue weighted by Crippen LogP contribution is 2.20. The Morgan fingerprint density at radius 3 is 2.43 bits per heavy atom. The fourth-order valence-electron chi connectivity index (χ4n) is 3.09. The molecule has 0 radical (unpaired) electrons. The lowest BCUT2D eigenvalue weighted by Crippen LogP contribution is -2.48. The van der Waals surface area contributed by atoms with Crippen LogP contribution in [0.2, 0.25) is 0 Å². The number of benzene rings is 1. The summed E-state index contributed by atoms with van der Waals surface area (Å²) >= 11 is 0. The number of amides is 2. The monoisotopic (exact) mass is 386 g/mol. The Bertz CT molecular complexity index is 811. The van der Waals surface area contributed by atoms with Crippen LogP contribution in [-0.2, 0) is 4.79 Å². The molecular weight excluding hydrogens is 364 g/mol. The van der Waals surface area contributed by atoms with E-state index in [1.54, 1.807) is 24.3 Å². The molecule has 0 bridgehead atoms. The first-order chi connectivity index (χ1) is 13.5. The molecule has 0 aliphatic carbocycles. The van der Waals surface area contributed by atoms with Gasteiger partial charge in [0.15, 0.2) is 5.76 Å². The fourth-order valence-corrected chi connectivity index (χ4v) is 3.09. The van der Waals surface area contributed by atoms with E-state index in [0.29, 0.717) is 45.6 Å². The van der Waals surface area contributed by atoms with Crippen LogP contribution in [0.25, 0.3) is 0 Å². The number of non-ortho nitro benzene ring substituents is 1. The molecule has 1 fully saturated rings. The number of nitrogens with one attached hydrogen (secondary N) is 1. The van der Waals surface area contributed by atoms with Gasteiger partial charge in [-0.15, -0.1) is 0 Å². The lowest BCUT2D eigenvalue weighted by Gasteiger charge is -2.36. The molecule has 148 valence electrons. The van der Waals surface area contributed by atoms with Crippen LogP contribution in [0, 0.1) is 10.1 Å². The molecule has 1 aliphatic heterocycles. The highest BCUT2D eigenvalue weighted by Gasteiger charge is 2.21. The van der Waals surface area contributed by atoms with E-state index in [9.17, 15) is 19.7 Å². The Hall–Kier alpha value is -3.36. The first-order valence-corrected chi connectivity index (χ1v) is 9.13. The molecule has 28 heavy (non-hydrogen) atoms. The number of hydrogen-bond donors (Lipinski definition) is 1. The van der Waals surface area contributed by atoms with E-state index in [4.69, 9.17) is 4.42 Å². The van der Waals surface area contributed by atoms with Gasteiger partial charge < -0.3 is 19.5 Å². The normalized spacial score (nSPS) is 14.0. The van der Waals surface area contributed by atoms with Crippen molar-refractivity contribution in [3.05, 3.63) is 58.5 Å². The van der Waals surface area contributed by atoms with Gasteiger partial charge in [0, 0.05) is 57.0 Å². The molecule has 1 N–H and O–H groups in total. The largest absolute Gasteiger partial charge is 0.459 e. The number of rotatable bonds is 7. The molecule has 9 nitrogen and oxygen atoms in total. The average molecular weight is 386 g/mol. The number of anilines is 1. The van der Waals surface area contributed by atoms with Crippen LogP contribution >= 0.6 is 0 Å². The highest BCUT2D eigenvalue weighted by molar-refractivity contribution is 5.91. The van der Waals surface area contributed by atoms with Crippen molar-refractivity contribution in [3.63, 3.8) is 0 Å². The molecule has 1 aliphatic rings. The van der Waals surface area contributed by atoms with Gasteiger partial charge in [0.2, 0.25) is 5.91 Å². The van der Waals surface area contributed by atoms with Crippen molar-refractivity contribution in [1.29, 1.82) is 0 Å². The molecule has 0 atom stereocenters. The number of piperazine rings is 1. The van der Waals surface area contributed by atoms with Gasteiger partial charge in [-0.25, -0.2) is 0 Å². The summed E-state index contributed by atoms with van der Waals surface area (Å²) < 4.78 is 5.01. The molecule has 0 spiro atoms. The minimum absolute atomic E-state index is 0.0654. The summed E-state index contributed by atoms with van der Waals surface area (Å²) in [4.78, 5) is 38.3. The molecule has 9 heteroatoms. The van der Waals surface area contributed by atoms with E-state index in [2.05, 4.69) is 10.2 Å². The predicted octanol–water partition coefficient (Wildman–Crippen LogP) is 2.05. The zero-order chi connectivity index (χ0) is 19.9. The van der Waals surface area contributed by atoms with E-state index in [-0.39, 0.29) is 23.3 Å². The van der Waals surface area contributed by atoms with Crippen molar-refractivity contribution >= 4 is 23.2 Å². The zero-order valence-corrected chi connectivity index (χ0v) is 15.4. The Balaban J connectivity index is 1.37. The molecule has 0 saturated carbocycles. The molecule has 2 aromatic rings. The Morgan fingerprint density at radius 1 is 1.11 bits per heavy atom. The van der Waals surface area contributed by atoms with Crippen LogP contribution in [0.4, 0.5) is 11.4 Å². The van der Waals surface area contributed by atoms with Gasteiger partial charge in [-0.05, 0) is 30.7 Å². The third kappa shape index (κ3) is 4.87. The maximum Gasteiger partial charge on any atom is 0.286 e. The van der Waals surface area contributed by atoms with Crippen LogP contribution in [-0.4, -0.2) is 54.4 Å². The molecule has 0 unspecified atom stereocenters. The van der Waals surface area contributed by atoms with E-state index in [1.807, 2.05) is 4.90 Å². The molecule has 1 aromatic carbocycles. The maximum absolute atomic E-state index is 12.3. The molecular formula is C19H22N4O5. The van der Waals surface area contributed by atoms with Gasteiger partial charge in [-0.1, -0.05) is 0 Å². The maximum atomic E-state index is 12.3. The fraction of sp³-hybridized carbons (Fsp3) is 0.368. The molecule has 1 saturated heterocycles. The zero-order valence-electron chi connectivity index (χ0n) is 15.4. The molecule has 2 heterocycles. The average Bonchev–Trinajstić information content (AvgIpc) is 3.26. The predicted molar refractivity (Wildman–Crippen MR) is 102 cm³/mol. The lowest BCUT2D eigenvalue weighted by molar-refractivity contribution is -0.384. The number of furan rings is 1. The minimum atomic E-state index is -0.419. The summed E-state index contributed by atoms with van der Waals surface area (Å²) in [7, 11) is 0. The number of nitro groups is 1. The SMILES string of the molecule is O=C(NCCCC(=O)N1CCN(c2ccc([N+](=O)[O-])cc2)CC1)c1ccco1. The molecule has 2 amide bonds. The third-order valence-electron chi connectivity index (χ3n) is 4.66. The van der Waals surface area contributed by atoms with Crippen molar-refractivity contribution in [2.75, 3.05) is 37.6 Å². The summed E-state index contributed by atoms with van der Waals surface area (Å²) in [6.45, 7) is 2.98. The van der Waals surface area contributed by atoms with Crippen LogP contribution in [0.1, 0.15) is 23.4 Å². The second-order valence-electron chi connectivity index (χ2n) is 6.48. The van der Waals surface area contributed by atoms with E-state index in [0.717, 1.165) is 5.69 Å². The first-order valence-electron chi connectivity index (χ1n) is 9.13. The number of hydrogen-bond acceptors (Lipinski definition) is 6. The van der Waals surface area contributed by atoms with Crippen molar-refractivity contribution in [3.8, 4) is 0 Å². The third-order valence-corrected chi connectivity index (χ3v) is 4.66. The van der Waals surface area contributed by atoms with Gasteiger partial charge >= 0.3 is 0 Å². The van der Waals surface area contributed by atoms with Gasteiger partial charge in [-0.3, -0.25) is 19.7 Å². The van der Waals surface area contributed by atoms with Crippen molar-refractivity contribution in [2.24, 2.45) is 0 Å². The summed E-state index contributed by atoms with van der Waals surface area (Å²) in [5.41, 5.74) is 0.982. The summed E-state index contributed by atoms with van der Waals surface area (Å²) in [6, 6.07) is 9.68. The van der Waals surface area contributed by atoms with Crippen LogP contribution in [0.15, 0.2) is 47.1 Å². The quantitative estimate of drug-likeness (QED) is 0.443. The highest BCUT2D eigenvalue weighted by atomic mass is 16.6. The number of carbonyl (C=O) groups excluding carboxylic acids is 2. The van der Waals surface area contributed by atoms with Crippen molar-refractivity contribution in [1.82, 2.24) is 10.2 Å². The summed E-state index contributed by atoms with van der Waals surface area (Å²) in [5.74, 6) is 0.0402. The Morgan fingerprint density at radius 2 is 1.82 bits per heavy atom. The van der Waals surface area contributed by atoms with Crippen LogP contribution in [0.3, 0.4) is 0 Å². The van der Waals surface area contributed by atoms with Gasteiger partial charge in [0.1, 0.15) is 0 Å². The second-order valence-corrected chi connectivity index (χ2v) is 6.48. The summed E-state index contributed by atoms with van der Waals surface area (Å²) in [5, 5.41) is 13.5.